The van der Waals surface area contributed by atoms with Gasteiger partial charge in [0, 0.05) is 20.6 Å². The first kappa shape index (κ1) is 16.9. The lowest BCUT2D eigenvalue weighted by atomic mass is 10.1. The number of allylic oxidation sites excluding steroid dienone is 1. The van der Waals surface area contributed by atoms with Gasteiger partial charge in [0.15, 0.2) is 6.29 Å². The zero-order chi connectivity index (χ0) is 14.8. The van der Waals surface area contributed by atoms with E-state index in [1.54, 1.807) is 14.2 Å². The summed E-state index contributed by atoms with van der Waals surface area (Å²) < 4.78 is 16.0. The molecule has 0 aliphatic rings. The molecule has 112 valence electrons. The van der Waals surface area contributed by atoms with Gasteiger partial charge in [-0.05, 0) is 31.4 Å². The highest BCUT2D eigenvalue weighted by Gasteiger charge is 2.05. The summed E-state index contributed by atoms with van der Waals surface area (Å²) in [4.78, 5) is 0. The molecule has 0 radical (unpaired) electrons. The van der Waals surface area contributed by atoms with Crippen LogP contribution in [0.4, 0.5) is 0 Å². The molecule has 1 aromatic carbocycles. The third-order valence-electron chi connectivity index (χ3n) is 3.10. The van der Waals surface area contributed by atoms with Crippen LogP contribution in [0.2, 0.25) is 0 Å². The van der Waals surface area contributed by atoms with E-state index in [4.69, 9.17) is 14.2 Å². The van der Waals surface area contributed by atoms with Crippen LogP contribution in [-0.2, 0) is 27.2 Å². The maximum Gasteiger partial charge on any atom is 0.157 e. The molecule has 0 N–H and O–H groups in total. The lowest BCUT2D eigenvalue weighted by molar-refractivity contribution is -0.105. The summed E-state index contributed by atoms with van der Waals surface area (Å²) in [6.45, 7) is 5.48. The van der Waals surface area contributed by atoms with Crippen LogP contribution in [0.25, 0.3) is 0 Å². The van der Waals surface area contributed by atoms with Crippen molar-refractivity contribution in [3.8, 4) is 0 Å². The van der Waals surface area contributed by atoms with E-state index in [0.717, 1.165) is 12.8 Å². The molecule has 0 spiro atoms. The van der Waals surface area contributed by atoms with Crippen molar-refractivity contribution >= 4 is 0 Å². The summed E-state index contributed by atoms with van der Waals surface area (Å²) in [5.74, 6) is 0. The smallest absolute Gasteiger partial charge is 0.157 e. The predicted molar refractivity (Wildman–Crippen MR) is 81.7 cm³/mol. The molecule has 1 aromatic rings. The molecule has 0 unspecified atom stereocenters. The molecular weight excluding hydrogens is 252 g/mol. The molecule has 0 bridgehead atoms. The highest BCUT2D eigenvalue weighted by molar-refractivity contribution is 5.22. The molecular formula is C17H26O3. The molecule has 0 aliphatic carbocycles. The zero-order valence-corrected chi connectivity index (χ0v) is 13.0. The Bertz CT molecular complexity index is 387. The molecule has 0 saturated heterocycles. The Morgan fingerprint density at radius 2 is 1.65 bits per heavy atom. The van der Waals surface area contributed by atoms with Crippen molar-refractivity contribution < 1.29 is 14.2 Å². The van der Waals surface area contributed by atoms with Gasteiger partial charge in [0.1, 0.15) is 0 Å². The number of methoxy groups -OCH3 is 2. The van der Waals surface area contributed by atoms with Gasteiger partial charge < -0.3 is 14.2 Å². The van der Waals surface area contributed by atoms with Gasteiger partial charge in [0.2, 0.25) is 0 Å². The average molecular weight is 278 g/mol. The number of aryl methyl sites for hydroxylation is 1. The third-order valence-corrected chi connectivity index (χ3v) is 3.10. The summed E-state index contributed by atoms with van der Waals surface area (Å²) in [5.41, 5.74) is 3.77. The number of ether oxygens (including phenoxy) is 3. The second-order valence-corrected chi connectivity index (χ2v) is 5.05. The topological polar surface area (TPSA) is 27.7 Å². The van der Waals surface area contributed by atoms with Crippen molar-refractivity contribution in [2.24, 2.45) is 0 Å². The molecule has 0 atom stereocenters. The normalized spacial score (nSPS) is 10.8. The van der Waals surface area contributed by atoms with E-state index in [0.29, 0.717) is 13.2 Å². The molecule has 3 heteroatoms. The van der Waals surface area contributed by atoms with Crippen LogP contribution in [0.5, 0.6) is 0 Å². The molecule has 0 aromatic heterocycles. The van der Waals surface area contributed by atoms with Crippen LogP contribution in [0.15, 0.2) is 35.9 Å². The lowest BCUT2D eigenvalue weighted by Crippen LogP contribution is -2.13. The summed E-state index contributed by atoms with van der Waals surface area (Å²) in [5, 5.41) is 0. The van der Waals surface area contributed by atoms with E-state index >= 15 is 0 Å². The fourth-order valence-electron chi connectivity index (χ4n) is 1.82. The minimum absolute atomic E-state index is 0.123. The van der Waals surface area contributed by atoms with E-state index in [1.807, 2.05) is 0 Å². The second-order valence-electron chi connectivity index (χ2n) is 5.05. The monoisotopic (exact) mass is 278 g/mol. The van der Waals surface area contributed by atoms with Gasteiger partial charge in [0.05, 0.1) is 13.2 Å². The minimum Gasteiger partial charge on any atom is -0.373 e. The quantitative estimate of drug-likeness (QED) is 0.391. The molecule has 0 saturated carbocycles. The summed E-state index contributed by atoms with van der Waals surface area (Å²) >= 11 is 0. The third kappa shape index (κ3) is 6.85. The Balaban J connectivity index is 2.34. The van der Waals surface area contributed by atoms with Crippen LogP contribution < -0.4 is 0 Å². The second kappa shape index (κ2) is 9.70. The van der Waals surface area contributed by atoms with Gasteiger partial charge in [-0.25, -0.2) is 0 Å². The number of hydrogen-bond donors (Lipinski definition) is 0. The van der Waals surface area contributed by atoms with E-state index in [2.05, 4.69) is 44.2 Å². The summed E-state index contributed by atoms with van der Waals surface area (Å²) in [6, 6.07) is 8.52. The average Bonchev–Trinajstić information content (AvgIpc) is 2.46. The lowest BCUT2D eigenvalue weighted by Gasteiger charge is -2.13. The van der Waals surface area contributed by atoms with E-state index < -0.39 is 0 Å². The van der Waals surface area contributed by atoms with Crippen molar-refractivity contribution in [1.29, 1.82) is 0 Å². The maximum absolute atomic E-state index is 5.59. The SMILES string of the molecule is COC(CCc1ccc(COCC=C(C)C)cc1)OC. The Hall–Kier alpha value is -1.16. The number of hydrogen-bond acceptors (Lipinski definition) is 3. The number of rotatable bonds is 9. The molecule has 0 fully saturated rings. The van der Waals surface area contributed by atoms with E-state index in [-0.39, 0.29) is 6.29 Å². The van der Waals surface area contributed by atoms with Gasteiger partial charge in [-0.2, -0.15) is 0 Å². The first-order valence-electron chi connectivity index (χ1n) is 7.00. The van der Waals surface area contributed by atoms with Crippen LogP contribution in [0.3, 0.4) is 0 Å². The molecule has 3 nitrogen and oxygen atoms in total. The van der Waals surface area contributed by atoms with Gasteiger partial charge in [-0.3, -0.25) is 0 Å². The highest BCUT2D eigenvalue weighted by atomic mass is 16.7. The van der Waals surface area contributed by atoms with Gasteiger partial charge in [-0.15, -0.1) is 0 Å². The zero-order valence-electron chi connectivity index (χ0n) is 13.0. The van der Waals surface area contributed by atoms with E-state index in [1.165, 1.54) is 16.7 Å². The van der Waals surface area contributed by atoms with Gasteiger partial charge in [-0.1, -0.05) is 35.9 Å². The van der Waals surface area contributed by atoms with Crippen LogP contribution in [0.1, 0.15) is 31.4 Å². The first-order valence-corrected chi connectivity index (χ1v) is 7.00. The number of benzene rings is 1. The minimum atomic E-state index is -0.123. The van der Waals surface area contributed by atoms with Gasteiger partial charge >= 0.3 is 0 Å². The predicted octanol–water partition coefficient (Wildman–Crippen LogP) is 3.72. The standard InChI is InChI=1S/C17H26O3/c1-14(2)11-12-20-13-16-7-5-15(6-8-16)9-10-17(18-3)19-4/h5-8,11,17H,9-10,12-13H2,1-4H3. The molecule has 1 rings (SSSR count). The highest BCUT2D eigenvalue weighted by Crippen LogP contribution is 2.10. The van der Waals surface area contributed by atoms with Crippen molar-refractivity contribution in [2.45, 2.75) is 39.6 Å². The van der Waals surface area contributed by atoms with Crippen LogP contribution in [-0.4, -0.2) is 27.1 Å². The van der Waals surface area contributed by atoms with Crippen LogP contribution >= 0.6 is 0 Å². The van der Waals surface area contributed by atoms with Gasteiger partial charge in [0.25, 0.3) is 0 Å². The Labute approximate surface area is 122 Å². The summed E-state index contributed by atoms with van der Waals surface area (Å²) in [6.07, 6.45) is 3.78. The Morgan fingerprint density at radius 1 is 1.05 bits per heavy atom. The summed E-state index contributed by atoms with van der Waals surface area (Å²) in [7, 11) is 3.34. The Kier molecular flexibility index (Phi) is 8.19. The fourth-order valence-corrected chi connectivity index (χ4v) is 1.82. The Morgan fingerprint density at radius 3 is 2.20 bits per heavy atom. The molecule has 20 heavy (non-hydrogen) atoms. The van der Waals surface area contributed by atoms with Crippen molar-refractivity contribution in [2.75, 3.05) is 20.8 Å². The largest absolute Gasteiger partial charge is 0.373 e. The van der Waals surface area contributed by atoms with Crippen molar-refractivity contribution in [1.82, 2.24) is 0 Å². The molecule has 0 heterocycles. The van der Waals surface area contributed by atoms with Crippen molar-refractivity contribution in [3.63, 3.8) is 0 Å². The molecule has 0 aliphatic heterocycles. The maximum atomic E-state index is 5.59. The molecule has 0 amide bonds. The fraction of sp³-hybridized carbons (Fsp3) is 0.529. The van der Waals surface area contributed by atoms with Crippen LogP contribution in [0, 0.1) is 0 Å². The van der Waals surface area contributed by atoms with E-state index in [9.17, 15) is 0 Å². The first-order chi connectivity index (χ1) is 9.65. The van der Waals surface area contributed by atoms with Crippen molar-refractivity contribution in [3.05, 3.63) is 47.0 Å².